The lowest BCUT2D eigenvalue weighted by Gasteiger charge is -2.26. The van der Waals surface area contributed by atoms with Crippen LogP contribution < -0.4 is 9.47 Å². The van der Waals surface area contributed by atoms with Crippen LogP contribution in [-0.4, -0.2) is 51.0 Å². The number of hydrogen-bond donors (Lipinski definition) is 0. The molecule has 0 amide bonds. The quantitative estimate of drug-likeness (QED) is 0.852. The Balaban J connectivity index is 0.00000147. The zero-order chi connectivity index (χ0) is 12.9. The molecular weight excluding hydrogens is 278 g/mol. The molecule has 1 fully saturated rings. The Morgan fingerprint density at radius 2 is 2.00 bits per heavy atom. The number of nitrogens with zero attached hydrogens (tertiary/aromatic N) is 1. The predicted octanol–water partition coefficient (Wildman–Crippen LogP) is 2.14. The van der Waals surface area contributed by atoms with Crippen LogP contribution in [0.5, 0.6) is 11.5 Å². The summed E-state index contributed by atoms with van der Waals surface area (Å²) in [5.74, 6) is 1.91. The molecule has 0 aromatic heterocycles. The lowest BCUT2D eigenvalue weighted by Crippen LogP contribution is -2.38. The largest absolute Gasteiger partial charge is 0.493 e. The maximum atomic E-state index is 5.81. The van der Waals surface area contributed by atoms with Crippen LogP contribution in [0.3, 0.4) is 0 Å². The van der Waals surface area contributed by atoms with Crippen molar-refractivity contribution < 1.29 is 14.2 Å². The topological polar surface area (TPSA) is 30.9 Å². The van der Waals surface area contributed by atoms with Crippen molar-refractivity contribution in [3.8, 4) is 11.5 Å². The van der Waals surface area contributed by atoms with Gasteiger partial charge >= 0.3 is 0 Å². The molecule has 1 aromatic rings. The van der Waals surface area contributed by atoms with Gasteiger partial charge in [-0.05, 0) is 24.5 Å². The van der Waals surface area contributed by atoms with Crippen LogP contribution in [-0.2, 0) is 11.2 Å². The Morgan fingerprint density at radius 3 is 2.85 bits per heavy atom. The van der Waals surface area contributed by atoms with Crippen LogP contribution in [0.4, 0.5) is 0 Å². The summed E-state index contributed by atoms with van der Waals surface area (Å²) in [5, 5.41) is 0. The molecule has 0 aliphatic carbocycles. The van der Waals surface area contributed by atoms with E-state index in [1.165, 1.54) is 5.56 Å². The van der Waals surface area contributed by atoms with E-state index in [4.69, 9.17) is 14.2 Å². The highest BCUT2D eigenvalue weighted by Crippen LogP contribution is 2.28. The molecule has 0 radical (unpaired) electrons. The third-order valence-electron chi connectivity index (χ3n) is 3.67. The lowest BCUT2D eigenvalue weighted by molar-refractivity contribution is 0.0322. The van der Waals surface area contributed by atoms with Crippen LogP contribution in [0.1, 0.15) is 12.0 Å². The zero-order valence-electron chi connectivity index (χ0n) is 11.7. The van der Waals surface area contributed by atoms with Gasteiger partial charge in [0.05, 0.1) is 19.8 Å². The minimum Gasteiger partial charge on any atom is -0.493 e. The fraction of sp³-hybridized carbons (Fsp3) is 0.600. The summed E-state index contributed by atoms with van der Waals surface area (Å²) in [4.78, 5) is 2.37. The maximum absolute atomic E-state index is 5.81. The van der Waals surface area contributed by atoms with Gasteiger partial charge < -0.3 is 14.2 Å². The summed E-state index contributed by atoms with van der Waals surface area (Å²) in [6.07, 6.45) is 2.23. The van der Waals surface area contributed by atoms with Gasteiger partial charge in [0.15, 0.2) is 0 Å². The highest BCUT2D eigenvalue weighted by molar-refractivity contribution is 5.85. The van der Waals surface area contributed by atoms with Gasteiger partial charge in [0.2, 0.25) is 0 Å². The van der Waals surface area contributed by atoms with Crippen molar-refractivity contribution in [3.05, 3.63) is 23.8 Å². The second-order valence-electron chi connectivity index (χ2n) is 5.02. The normalized spacial score (nSPS) is 18.6. The van der Waals surface area contributed by atoms with Gasteiger partial charge in [0, 0.05) is 25.7 Å². The summed E-state index contributed by atoms with van der Waals surface area (Å²) in [7, 11) is 0. The van der Waals surface area contributed by atoms with E-state index in [1.54, 1.807) is 0 Å². The van der Waals surface area contributed by atoms with Gasteiger partial charge in [0.1, 0.15) is 18.1 Å². The van der Waals surface area contributed by atoms with Crippen LogP contribution in [0.15, 0.2) is 18.2 Å². The van der Waals surface area contributed by atoms with E-state index in [2.05, 4.69) is 11.0 Å². The van der Waals surface area contributed by atoms with E-state index < -0.39 is 0 Å². The molecule has 0 atom stereocenters. The number of ether oxygens (including phenoxy) is 3. The monoisotopic (exact) mass is 299 g/mol. The number of hydrogen-bond acceptors (Lipinski definition) is 4. The van der Waals surface area contributed by atoms with Crippen molar-refractivity contribution in [1.29, 1.82) is 0 Å². The van der Waals surface area contributed by atoms with E-state index in [0.29, 0.717) is 0 Å². The first kappa shape index (κ1) is 15.4. The van der Waals surface area contributed by atoms with E-state index in [1.807, 2.05) is 12.1 Å². The SMILES string of the molecule is Cl.c1cc2c(cc1OCCN1CCOCC1)OCCC2. The molecule has 4 nitrogen and oxygen atoms in total. The molecule has 0 spiro atoms. The molecule has 1 saturated heterocycles. The zero-order valence-corrected chi connectivity index (χ0v) is 12.5. The van der Waals surface area contributed by atoms with Crippen molar-refractivity contribution in [3.63, 3.8) is 0 Å². The number of benzene rings is 1. The van der Waals surface area contributed by atoms with Crippen LogP contribution in [0.25, 0.3) is 0 Å². The molecular formula is C15H22ClNO3. The molecule has 0 unspecified atom stereocenters. The standard InChI is InChI=1S/C15H21NO3.ClH/c1-2-13-3-4-14(12-15(13)19-8-1)18-11-7-16-5-9-17-10-6-16;/h3-4,12H,1-2,5-11H2;1H. The second-order valence-corrected chi connectivity index (χ2v) is 5.02. The van der Waals surface area contributed by atoms with Crippen LogP contribution in [0.2, 0.25) is 0 Å². The van der Waals surface area contributed by atoms with E-state index in [-0.39, 0.29) is 12.4 Å². The molecule has 2 aliphatic heterocycles. The number of aryl methyl sites for hydroxylation is 1. The summed E-state index contributed by atoms with van der Waals surface area (Å²) in [6.45, 7) is 6.21. The Morgan fingerprint density at radius 1 is 1.15 bits per heavy atom. The van der Waals surface area contributed by atoms with Gasteiger partial charge in [-0.1, -0.05) is 6.07 Å². The van der Waals surface area contributed by atoms with Gasteiger partial charge in [0.25, 0.3) is 0 Å². The average Bonchev–Trinajstić information content (AvgIpc) is 2.48. The summed E-state index contributed by atoms with van der Waals surface area (Å²) < 4.78 is 16.8. The summed E-state index contributed by atoms with van der Waals surface area (Å²) in [5.41, 5.74) is 1.30. The molecule has 112 valence electrons. The van der Waals surface area contributed by atoms with Gasteiger partial charge in [-0.2, -0.15) is 0 Å². The summed E-state index contributed by atoms with van der Waals surface area (Å²) in [6, 6.07) is 6.19. The fourth-order valence-electron chi connectivity index (χ4n) is 2.53. The van der Waals surface area contributed by atoms with Crippen LogP contribution in [0, 0.1) is 0 Å². The Bertz CT molecular complexity index is 422. The Hall–Kier alpha value is -0.970. The maximum Gasteiger partial charge on any atom is 0.126 e. The summed E-state index contributed by atoms with van der Waals surface area (Å²) >= 11 is 0. The van der Waals surface area contributed by atoms with Crippen molar-refractivity contribution in [2.45, 2.75) is 12.8 Å². The first-order valence-corrected chi connectivity index (χ1v) is 7.10. The number of rotatable bonds is 4. The lowest BCUT2D eigenvalue weighted by atomic mass is 10.1. The minimum absolute atomic E-state index is 0. The fourth-order valence-corrected chi connectivity index (χ4v) is 2.53. The van der Waals surface area contributed by atoms with Crippen LogP contribution >= 0.6 is 12.4 Å². The van der Waals surface area contributed by atoms with Gasteiger partial charge in [-0.25, -0.2) is 0 Å². The molecule has 0 N–H and O–H groups in total. The molecule has 20 heavy (non-hydrogen) atoms. The van der Waals surface area contributed by atoms with Gasteiger partial charge in [-0.3, -0.25) is 4.90 Å². The average molecular weight is 300 g/mol. The Labute approximate surface area is 126 Å². The van der Waals surface area contributed by atoms with Gasteiger partial charge in [-0.15, -0.1) is 12.4 Å². The minimum atomic E-state index is 0. The molecule has 2 aliphatic rings. The molecule has 0 bridgehead atoms. The predicted molar refractivity (Wildman–Crippen MR) is 80.3 cm³/mol. The second kappa shape index (κ2) is 7.72. The molecule has 2 heterocycles. The van der Waals surface area contributed by atoms with Crippen molar-refractivity contribution in [1.82, 2.24) is 4.90 Å². The number of halogens is 1. The third-order valence-corrected chi connectivity index (χ3v) is 3.67. The third kappa shape index (κ3) is 4.01. The highest BCUT2D eigenvalue weighted by atomic mass is 35.5. The first-order chi connectivity index (χ1) is 9.42. The molecule has 5 heteroatoms. The van der Waals surface area contributed by atoms with Crippen molar-refractivity contribution >= 4 is 12.4 Å². The Kier molecular flexibility index (Phi) is 5.95. The first-order valence-electron chi connectivity index (χ1n) is 7.10. The molecule has 0 saturated carbocycles. The smallest absolute Gasteiger partial charge is 0.126 e. The highest BCUT2D eigenvalue weighted by Gasteiger charge is 2.12. The van der Waals surface area contributed by atoms with Crippen molar-refractivity contribution in [2.24, 2.45) is 0 Å². The van der Waals surface area contributed by atoms with E-state index >= 15 is 0 Å². The molecule has 3 rings (SSSR count). The van der Waals surface area contributed by atoms with E-state index in [9.17, 15) is 0 Å². The number of fused-ring (bicyclic) bond motifs is 1. The van der Waals surface area contributed by atoms with E-state index in [0.717, 1.165) is 70.4 Å². The van der Waals surface area contributed by atoms with Crippen molar-refractivity contribution in [2.75, 3.05) is 46.1 Å². The number of morpholine rings is 1. The molecule has 1 aromatic carbocycles.